The van der Waals surface area contributed by atoms with E-state index in [0.29, 0.717) is 31.2 Å². The van der Waals surface area contributed by atoms with Crippen LogP contribution in [0.15, 0.2) is 6.20 Å². The molecule has 1 aromatic heterocycles. The highest BCUT2D eigenvalue weighted by Gasteiger charge is 2.28. The molecule has 5 nitrogen and oxygen atoms in total. The van der Waals surface area contributed by atoms with Crippen LogP contribution < -0.4 is 0 Å². The van der Waals surface area contributed by atoms with Gasteiger partial charge in [-0.2, -0.15) is 0 Å². The van der Waals surface area contributed by atoms with Crippen LogP contribution in [0.3, 0.4) is 0 Å². The average Bonchev–Trinajstić information content (AvgIpc) is 2.61. The summed E-state index contributed by atoms with van der Waals surface area (Å²) in [5.74, 6) is 0.0737. The van der Waals surface area contributed by atoms with E-state index in [2.05, 4.69) is 4.98 Å². The van der Waals surface area contributed by atoms with Crippen molar-refractivity contribution in [1.29, 1.82) is 0 Å². The molecule has 0 aliphatic carbocycles. The van der Waals surface area contributed by atoms with Crippen molar-refractivity contribution < 1.29 is 9.90 Å². The first-order valence-corrected chi connectivity index (χ1v) is 5.68. The summed E-state index contributed by atoms with van der Waals surface area (Å²) in [5, 5.41) is 9.71. The molecule has 1 aromatic rings. The lowest BCUT2D eigenvalue weighted by atomic mass is 10.1. The molecule has 1 atom stereocenters. The van der Waals surface area contributed by atoms with Gasteiger partial charge >= 0.3 is 5.97 Å². The topological polar surface area (TPSA) is 58.4 Å². The molecule has 0 aromatic carbocycles. The highest BCUT2D eigenvalue weighted by Crippen LogP contribution is 2.20. The monoisotopic (exact) mass is 243 g/mol. The molecule has 2 heterocycles. The quantitative estimate of drug-likeness (QED) is 0.867. The third kappa shape index (κ3) is 1.92. The summed E-state index contributed by atoms with van der Waals surface area (Å²) in [6.07, 6.45) is 2.21. The van der Waals surface area contributed by atoms with E-state index < -0.39 is 12.0 Å². The predicted octanol–water partition coefficient (Wildman–Crippen LogP) is 1.22. The van der Waals surface area contributed by atoms with E-state index in [-0.39, 0.29) is 0 Å². The van der Waals surface area contributed by atoms with Gasteiger partial charge in [-0.05, 0) is 6.42 Å². The zero-order valence-electron chi connectivity index (χ0n) is 9.06. The highest BCUT2D eigenvalue weighted by molar-refractivity contribution is 6.29. The summed E-state index contributed by atoms with van der Waals surface area (Å²) >= 11 is 5.95. The minimum Gasteiger partial charge on any atom is -0.480 e. The Morgan fingerprint density at radius 2 is 2.44 bits per heavy atom. The molecule has 6 heteroatoms. The number of aromatic nitrogens is 2. The summed E-state index contributed by atoms with van der Waals surface area (Å²) in [7, 11) is 0. The SMILES string of the molecule is CCC(C(=O)O)N1CCn2c(Cl)cnc2C1. The van der Waals surface area contributed by atoms with Crippen LogP contribution in [0.25, 0.3) is 0 Å². The minimum atomic E-state index is -0.770. The van der Waals surface area contributed by atoms with Crippen molar-refractivity contribution in [3.8, 4) is 0 Å². The van der Waals surface area contributed by atoms with Gasteiger partial charge in [0, 0.05) is 13.1 Å². The first kappa shape index (κ1) is 11.4. The molecule has 1 N–H and O–H groups in total. The Balaban J connectivity index is 2.16. The molecular weight excluding hydrogens is 230 g/mol. The number of halogens is 1. The Morgan fingerprint density at radius 1 is 1.69 bits per heavy atom. The first-order chi connectivity index (χ1) is 7.63. The van der Waals surface area contributed by atoms with E-state index in [4.69, 9.17) is 16.7 Å². The molecule has 1 unspecified atom stereocenters. The van der Waals surface area contributed by atoms with E-state index in [1.165, 1.54) is 0 Å². The smallest absolute Gasteiger partial charge is 0.320 e. The molecule has 0 saturated carbocycles. The van der Waals surface area contributed by atoms with Crippen molar-refractivity contribution in [2.45, 2.75) is 32.5 Å². The summed E-state index contributed by atoms with van der Waals surface area (Å²) in [6.45, 7) is 3.84. The lowest BCUT2D eigenvalue weighted by Gasteiger charge is -2.31. The second kappa shape index (κ2) is 4.43. The maximum atomic E-state index is 11.1. The molecule has 0 spiro atoms. The molecule has 88 valence electrons. The van der Waals surface area contributed by atoms with Crippen LogP contribution in [-0.4, -0.2) is 38.1 Å². The summed E-state index contributed by atoms with van der Waals surface area (Å²) in [4.78, 5) is 17.2. The van der Waals surface area contributed by atoms with Crippen molar-refractivity contribution in [2.24, 2.45) is 0 Å². The van der Waals surface area contributed by atoms with Gasteiger partial charge in [0.15, 0.2) is 0 Å². The van der Waals surface area contributed by atoms with Gasteiger partial charge in [0.1, 0.15) is 17.0 Å². The van der Waals surface area contributed by atoms with E-state index >= 15 is 0 Å². The number of hydrogen-bond donors (Lipinski definition) is 1. The van der Waals surface area contributed by atoms with Crippen molar-refractivity contribution >= 4 is 17.6 Å². The Kier molecular flexibility index (Phi) is 3.16. The zero-order valence-corrected chi connectivity index (χ0v) is 9.81. The number of fused-ring (bicyclic) bond motifs is 1. The number of imidazole rings is 1. The number of aliphatic carboxylic acids is 1. The fraction of sp³-hybridized carbons (Fsp3) is 0.600. The molecule has 2 rings (SSSR count). The maximum Gasteiger partial charge on any atom is 0.320 e. The normalized spacial score (nSPS) is 18.1. The van der Waals surface area contributed by atoms with Crippen LogP contribution >= 0.6 is 11.6 Å². The molecule has 0 bridgehead atoms. The van der Waals surface area contributed by atoms with E-state index in [1.807, 2.05) is 16.4 Å². The Labute approximate surface area is 98.6 Å². The van der Waals surface area contributed by atoms with Gasteiger partial charge < -0.3 is 9.67 Å². The number of nitrogens with zero attached hydrogens (tertiary/aromatic N) is 3. The standard InChI is InChI=1S/C10H14ClN3O2/c1-2-7(10(15)16)13-3-4-14-8(11)5-12-9(14)6-13/h5,7H,2-4,6H2,1H3,(H,15,16). The fourth-order valence-electron chi connectivity index (χ4n) is 2.10. The van der Waals surface area contributed by atoms with Crippen LogP contribution in [0, 0.1) is 0 Å². The largest absolute Gasteiger partial charge is 0.480 e. The second-order valence-corrected chi connectivity index (χ2v) is 4.27. The number of hydrogen-bond acceptors (Lipinski definition) is 3. The summed E-state index contributed by atoms with van der Waals surface area (Å²) in [5.41, 5.74) is 0. The van der Waals surface area contributed by atoms with Crippen LogP contribution in [0.4, 0.5) is 0 Å². The molecule has 0 amide bonds. The van der Waals surface area contributed by atoms with Gasteiger partial charge in [0.2, 0.25) is 0 Å². The van der Waals surface area contributed by atoms with Gasteiger partial charge in [-0.25, -0.2) is 4.98 Å². The summed E-state index contributed by atoms with van der Waals surface area (Å²) < 4.78 is 1.92. The molecular formula is C10H14ClN3O2. The van der Waals surface area contributed by atoms with Gasteiger partial charge in [0.25, 0.3) is 0 Å². The number of rotatable bonds is 3. The molecule has 0 radical (unpaired) electrons. The number of carboxylic acids is 1. The maximum absolute atomic E-state index is 11.1. The molecule has 0 fully saturated rings. The van der Waals surface area contributed by atoms with Crippen LogP contribution in [-0.2, 0) is 17.9 Å². The van der Waals surface area contributed by atoms with E-state index in [9.17, 15) is 4.79 Å². The lowest BCUT2D eigenvalue weighted by Crippen LogP contribution is -2.45. The summed E-state index contributed by atoms with van der Waals surface area (Å²) in [6, 6.07) is -0.427. The average molecular weight is 244 g/mol. The van der Waals surface area contributed by atoms with Crippen molar-refractivity contribution in [3.63, 3.8) is 0 Å². The molecule has 1 aliphatic rings. The van der Waals surface area contributed by atoms with Crippen molar-refractivity contribution in [3.05, 3.63) is 17.2 Å². The number of carbonyl (C=O) groups is 1. The Hall–Kier alpha value is -1.07. The second-order valence-electron chi connectivity index (χ2n) is 3.88. The molecule has 0 saturated heterocycles. The van der Waals surface area contributed by atoms with Crippen molar-refractivity contribution in [1.82, 2.24) is 14.5 Å². The van der Waals surface area contributed by atoms with Gasteiger partial charge in [0.05, 0.1) is 12.7 Å². The predicted molar refractivity (Wildman–Crippen MR) is 59.4 cm³/mol. The van der Waals surface area contributed by atoms with Gasteiger partial charge in [-0.3, -0.25) is 9.69 Å². The third-order valence-corrected chi connectivity index (χ3v) is 3.26. The van der Waals surface area contributed by atoms with Crippen LogP contribution in [0.5, 0.6) is 0 Å². The molecule has 16 heavy (non-hydrogen) atoms. The van der Waals surface area contributed by atoms with E-state index in [0.717, 1.165) is 5.82 Å². The first-order valence-electron chi connectivity index (χ1n) is 5.30. The highest BCUT2D eigenvalue weighted by atomic mass is 35.5. The van der Waals surface area contributed by atoms with E-state index in [1.54, 1.807) is 6.20 Å². The zero-order chi connectivity index (χ0) is 11.7. The third-order valence-electron chi connectivity index (χ3n) is 2.96. The lowest BCUT2D eigenvalue weighted by molar-refractivity contribution is -0.144. The van der Waals surface area contributed by atoms with Gasteiger partial charge in [-0.1, -0.05) is 18.5 Å². The van der Waals surface area contributed by atoms with Crippen molar-refractivity contribution in [2.75, 3.05) is 6.54 Å². The number of carboxylic acid groups (broad SMARTS) is 1. The minimum absolute atomic E-state index is 0.427. The Morgan fingerprint density at radius 3 is 3.06 bits per heavy atom. The Bertz CT molecular complexity index is 405. The van der Waals surface area contributed by atoms with Crippen LogP contribution in [0.1, 0.15) is 19.2 Å². The van der Waals surface area contributed by atoms with Crippen LogP contribution in [0.2, 0.25) is 5.15 Å². The van der Waals surface area contributed by atoms with Gasteiger partial charge in [-0.15, -0.1) is 0 Å². The molecule has 1 aliphatic heterocycles. The fourth-order valence-corrected chi connectivity index (χ4v) is 2.33.